The summed E-state index contributed by atoms with van der Waals surface area (Å²) in [5.41, 5.74) is 0.733. The number of carbonyl (C=O) groups is 1. The third kappa shape index (κ3) is 2.55. The van der Waals surface area contributed by atoms with Gasteiger partial charge in [-0.25, -0.2) is 0 Å². The molecule has 0 N–H and O–H groups in total. The highest BCUT2D eigenvalue weighted by Gasteiger charge is 2.27. The summed E-state index contributed by atoms with van der Waals surface area (Å²) in [6.45, 7) is 2.22. The second-order valence-corrected chi connectivity index (χ2v) is 6.06. The summed E-state index contributed by atoms with van der Waals surface area (Å²) in [7, 11) is 0. The van der Waals surface area contributed by atoms with Gasteiger partial charge in [0.15, 0.2) is 5.76 Å². The van der Waals surface area contributed by atoms with Crippen molar-refractivity contribution in [3.8, 4) is 0 Å². The van der Waals surface area contributed by atoms with Crippen LogP contribution < -0.4 is 0 Å². The maximum atomic E-state index is 12.5. The number of halogens is 1. The highest BCUT2D eigenvalue weighted by molar-refractivity contribution is 6.31. The number of hydrogen-bond donors (Lipinski definition) is 0. The third-order valence-corrected chi connectivity index (χ3v) is 4.26. The van der Waals surface area contributed by atoms with E-state index < -0.39 is 0 Å². The normalized spacial score (nSPS) is 23.7. The van der Waals surface area contributed by atoms with Crippen molar-refractivity contribution in [3.63, 3.8) is 0 Å². The van der Waals surface area contributed by atoms with Crippen LogP contribution in [0.2, 0.25) is 5.02 Å². The lowest BCUT2D eigenvalue weighted by Crippen LogP contribution is -2.21. The zero-order valence-electron chi connectivity index (χ0n) is 11.0. The summed E-state index contributed by atoms with van der Waals surface area (Å²) in [6.07, 6.45) is 4.35. The van der Waals surface area contributed by atoms with Gasteiger partial charge in [-0.3, -0.25) is 4.79 Å². The fourth-order valence-electron chi connectivity index (χ4n) is 3.01. The molecule has 2 nitrogen and oxygen atoms in total. The van der Waals surface area contributed by atoms with Crippen LogP contribution in [-0.2, 0) is 0 Å². The minimum absolute atomic E-state index is 0.125. The van der Waals surface area contributed by atoms with Crippen LogP contribution in [0.4, 0.5) is 0 Å². The average Bonchev–Trinajstić information content (AvgIpc) is 2.80. The lowest BCUT2D eigenvalue weighted by Gasteiger charge is -2.24. The number of benzene rings is 1. The van der Waals surface area contributed by atoms with E-state index in [2.05, 4.69) is 6.92 Å². The van der Waals surface area contributed by atoms with Crippen LogP contribution in [0.1, 0.15) is 43.2 Å². The van der Waals surface area contributed by atoms with Gasteiger partial charge in [-0.15, -0.1) is 0 Å². The highest BCUT2D eigenvalue weighted by Crippen LogP contribution is 2.32. The molecule has 100 valence electrons. The zero-order chi connectivity index (χ0) is 13.4. The van der Waals surface area contributed by atoms with Gasteiger partial charge in [0.1, 0.15) is 5.58 Å². The Morgan fingerprint density at radius 3 is 2.95 bits per heavy atom. The van der Waals surface area contributed by atoms with Gasteiger partial charge in [0.05, 0.1) is 0 Å². The average molecular weight is 277 g/mol. The van der Waals surface area contributed by atoms with E-state index >= 15 is 0 Å². The molecule has 1 aliphatic rings. The molecule has 0 spiro atoms. The molecular weight excluding hydrogens is 260 g/mol. The number of Topliss-reactive ketones (excluding diaryl/α,β-unsaturated/α-hetero) is 1. The van der Waals surface area contributed by atoms with E-state index in [1.165, 1.54) is 6.42 Å². The van der Waals surface area contributed by atoms with Crippen LogP contribution >= 0.6 is 11.6 Å². The highest BCUT2D eigenvalue weighted by atomic mass is 35.5. The standard InChI is InChI=1S/C16H17ClO2/c1-10-3-2-4-11(7-10)16(18)15-9-12-8-13(17)5-6-14(12)19-15/h5-6,8-11H,2-4,7H2,1H3. The van der Waals surface area contributed by atoms with Crippen molar-refractivity contribution < 1.29 is 9.21 Å². The van der Waals surface area contributed by atoms with Crippen LogP contribution in [0.3, 0.4) is 0 Å². The Bertz CT molecular complexity index is 614. The molecule has 3 rings (SSSR count). The lowest BCUT2D eigenvalue weighted by molar-refractivity contribution is 0.0841. The largest absolute Gasteiger partial charge is 0.453 e. The molecule has 2 atom stereocenters. The molecule has 1 fully saturated rings. The van der Waals surface area contributed by atoms with Gasteiger partial charge in [0, 0.05) is 16.3 Å². The quantitative estimate of drug-likeness (QED) is 0.715. The van der Waals surface area contributed by atoms with E-state index in [-0.39, 0.29) is 11.7 Å². The molecule has 2 unspecified atom stereocenters. The maximum Gasteiger partial charge on any atom is 0.201 e. The minimum Gasteiger partial charge on any atom is -0.453 e. The molecule has 19 heavy (non-hydrogen) atoms. The summed E-state index contributed by atoms with van der Waals surface area (Å²) >= 11 is 5.95. The molecule has 1 aliphatic carbocycles. The first-order valence-corrected chi connectivity index (χ1v) is 7.24. The minimum atomic E-state index is 0.125. The Morgan fingerprint density at radius 2 is 2.16 bits per heavy atom. The summed E-state index contributed by atoms with van der Waals surface area (Å²) < 4.78 is 5.67. The van der Waals surface area contributed by atoms with Crippen molar-refractivity contribution in [1.82, 2.24) is 0 Å². The smallest absolute Gasteiger partial charge is 0.201 e. The number of rotatable bonds is 2. The Balaban J connectivity index is 1.88. The van der Waals surface area contributed by atoms with Crippen molar-refractivity contribution in [2.24, 2.45) is 11.8 Å². The Morgan fingerprint density at radius 1 is 1.32 bits per heavy atom. The number of ketones is 1. The van der Waals surface area contributed by atoms with Crippen LogP contribution in [0, 0.1) is 11.8 Å². The second-order valence-electron chi connectivity index (χ2n) is 5.63. The first-order chi connectivity index (χ1) is 9.13. The van der Waals surface area contributed by atoms with E-state index in [1.54, 1.807) is 6.07 Å². The maximum absolute atomic E-state index is 12.5. The van der Waals surface area contributed by atoms with Gasteiger partial charge in [-0.1, -0.05) is 31.4 Å². The van der Waals surface area contributed by atoms with Crippen LogP contribution in [0.15, 0.2) is 28.7 Å². The van der Waals surface area contributed by atoms with Crippen molar-refractivity contribution in [3.05, 3.63) is 35.0 Å². The molecular formula is C16H17ClO2. The van der Waals surface area contributed by atoms with E-state index in [9.17, 15) is 4.79 Å². The monoisotopic (exact) mass is 276 g/mol. The van der Waals surface area contributed by atoms with Gasteiger partial charge < -0.3 is 4.42 Å². The first-order valence-electron chi connectivity index (χ1n) is 6.87. The summed E-state index contributed by atoms with van der Waals surface area (Å²) in [5.74, 6) is 1.40. The molecule has 3 heteroatoms. The van der Waals surface area contributed by atoms with Crippen molar-refractivity contribution >= 4 is 28.4 Å². The van der Waals surface area contributed by atoms with Crippen molar-refractivity contribution in [2.45, 2.75) is 32.6 Å². The van der Waals surface area contributed by atoms with E-state index in [0.29, 0.717) is 16.7 Å². The second kappa shape index (κ2) is 5.01. The Kier molecular flexibility index (Phi) is 3.36. The molecule has 1 aromatic carbocycles. The van der Waals surface area contributed by atoms with Gasteiger partial charge >= 0.3 is 0 Å². The fourth-order valence-corrected chi connectivity index (χ4v) is 3.19. The lowest BCUT2D eigenvalue weighted by atomic mass is 9.80. The number of fused-ring (bicyclic) bond motifs is 1. The van der Waals surface area contributed by atoms with Gasteiger partial charge in [0.25, 0.3) is 0 Å². The van der Waals surface area contributed by atoms with Gasteiger partial charge in [0.2, 0.25) is 5.78 Å². The molecule has 1 aromatic heterocycles. The van der Waals surface area contributed by atoms with E-state index in [1.807, 2.05) is 18.2 Å². The third-order valence-electron chi connectivity index (χ3n) is 4.03. The summed E-state index contributed by atoms with van der Waals surface area (Å²) in [4.78, 5) is 12.5. The van der Waals surface area contributed by atoms with E-state index in [0.717, 1.165) is 30.2 Å². The number of carbonyl (C=O) groups excluding carboxylic acids is 1. The Hall–Kier alpha value is -1.28. The molecule has 0 saturated heterocycles. The predicted molar refractivity (Wildman–Crippen MR) is 76.7 cm³/mol. The molecule has 0 aliphatic heterocycles. The van der Waals surface area contributed by atoms with Crippen molar-refractivity contribution in [1.29, 1.82) is 0 Å². The predicted octanol–water partition coefficient (Wildman–Crippen LogP) is 5.10. The zero-order valence-corrected chi connectivity index (χ0v) is 11.7. The SMILES string of the molecule is CC1CCCC(C(=O)c2cc3cc(Cl)ccc3o2)C1. The molecule has 1 saturated carbocycles. The fraction of sp³-hybridized carbons (Fsp3) is 0.438. The Labute approximate surface area is 117 Å². The summed E-state index contributed by atoms with van der Waals surface area (Å²) in [6, 6.07) is 7.26. The van der Waals surface area contributed by atoms with Crippen LogP contribution in [-0.4, -0.2) is 5.78 Å². The van der Waals surface area contributed by atoms with Crippen molar-refractivity contribution in [2.75, 3.05) is 0 Å². The topological polar surface area (TPSA) is 30.2 Å². The summed E-state index contributed by atoms with van der Waals surface area (Å²) in [5, 5.41) is 1.57. The molecule has 2 aromatic rings. The molecule has 1 heterocycles. The van der Waals surface area contributed by atoms with Gasteiger partial charge in [-0.05, 0) is 43.0 Å². The number of hydrogen-bond acceptors (Lipinski definition) is 2. The molecule has 0 bridgehead atoms. The van der Waals surface area contributed by atoms with Gasteiger partial charge in [-0.2, -0.15) is 0 Å². The van der Waals surface area contributed by atoms with Crippen LogP contribution in [0.25, 0.3) is 11.0 Å². The number of furan rings is 1. The van der Waals surface area contributed by atoms with E-state index in [4.69, 9.17) is 16.0 Å². The molecule has 0 radical (unpaired) electrons. The van der Waals surface area contributed by atoms with Crippen LogP contribution in [0.5, 0.6) is 0 Å². The first kappa shape index (κ1) is 12.7. The molecule has 0 amide bonds.